The fourth-order valence-corrected chi connectivity index (χ4v) is 1.76. The third-order valence-electron chi connectivity index (χ3n) is 2.44. The van der Waals surface area contributed by atoms with E-state index >= 15 is 0 Å². The Morgan fingerprint density at radius 3 is 1.85 bits per heavy atom. The molecule has 0 saturated heterocycles. The number of carbonyl (C=O) groups is 2. The topological polar surface area (TPSA) is 85.9 Å². The molecule has 0 bridgehead atoms. The van der Waals surface area contributed by atoms with Crippen LogP contribution in [0.1, 0.15) is 13.8 Å². The molecule has 1 rings (SSSR count). The predicted molar refractivity (Wildman–Crippen MR) is 74.7 cm³/mol. The van der Waals surface area contributed by atoms with Gasteiger partial charge in [-0.3, -0.25) is 9.59 Å². The Morgan fingerprint density at radius 2 is 1.45 bits per heavy atom. The second-order valence-electron chi connectivity index (χ2n) is 3.93. The molecule has 0 spiro atoms. The number of nitrogens with one attached hydrogen (secondary N) is 2. The highest BCUT2D eigenvalue weighted by Crippen LogP contribution is 2.47. The minimum Gasteiger partial charge on any atom is -0.493 e. The van der Waals surface area contributed by atoms with Gasteiger partial charge >= 0.3 is 0 Å². The summed E-state index contributed by atoms with van der Waals surface area (Å²) in [7, 11) is 4.33. The van der Waals surface area contributed by atoms with E-state index in [1.807, 2.05) is 0 Å². The molecule has 7 heteroatoms. The van der Waals surface area contributed by atoms with Gasteiger partial charge in [-0.05, 0) is 0 Å². The van der Waals surface area contributed by atoms with E-state index in [1.54, 1.807) is 6.07 Å². The second-order valence-corrected chi connectivity index (χ2v) is 3.93. The lowest BCUT2D eigenvalue weighted by molar-refractivity contribution is -0.115. The fraction of sp³-hybridized carbons (Fsp3) is 0.385. The fourth-order valence-electron chi connectivity index (χ4n) is 1.76. The van der Waals surface area contributed by atoms with Gasteiger partial charge in [-0.2, -0.15) is 0 Å². The first-order valence-electron chi connectivity index (χ1n) is 5.82. The number of rotatable bonds is 5. The van der Waals surface area contributed by atoms with Crippen LogP contribution in [0.3, 0.4) is 0 Å². The predicted octanol–water partition coefficient (Wildman–Crippen LogP) is 1.63. The van der Waals surface area contributed by atoms with Crippen molar-refractivity contribution in [3.05, 3.63) is 6.07 Å². The molecule has 110 valence electrons. The van der Waals surface area contributed by atoms with E-state index < -0.39 is 0 Å². The average Bonchev–Trinajstić information content (AvgIpc) is 2.37. The SMILES string of the molecule is COc1cc(NC(C)=O)c(OC)c(NC(C)=O)c1OC. The monoisotopic (exact) mass is 282 g/mol. The zero-order chi connectivity index (χ0) is 15.3. The summed E-state index contributed by atoms with van der Waals surface area (Å²) in [5.74, 6) is 0.385. The van der Waals surface area contributed by atoms with Gasteiger partial charge in [0.1, 0.15) is 5.69 Å². The van der Waals surface area contributed by atoms with Crippen LogP contribution in [0.4, 0.5) is 11.4 Å². The van der Waals surface area contributed by atoms with Gasteiger partial charge in [0, 0.05) is 19.9 Å². The van der Waals surface area contributed by atoms with Gasteiger partial charge in [-0.25, -0.2) is 0 Å². The van der Waals surface area contributed by atoms with Crippen molar-refractivity contribution < 1.29 is 23.8 Å². The van der Waals surface area contributed by atoms with Crippen molar-refractivity contribution in [2.24, 2.45) is 0 Å². The number of methoxy groups -OCH3 is 3. The summed E-state index contributed by atoms with van der Waals surface area (Å²) >= 11 is 0. The number of benzene rings is 1. The van der Waals surface area contributed by atoms with Crippen LogP contribution in [-0.4, -0.2) is 33.1 Å². The van der Waals surface area contributed by atoms with E-state index in [2.05, 4.69) is 10.6 Å². The normalized spacial score (nSPS) is 9.65. The molecule has 0 aromatic heterocycles. The number of anilines is 2. The molecule has 1 aromatic carbocycles. The molecule has 2 amide bonds. The van der Waals surface area contributed by atoms with Crippen LogP contribution in [0.25, 0.3) is 0 Å². The Kier molecular flexibility index (Phi) is 5.19. The van der Waals surface area contributed by atoms with Gasteiger partial charge in [-0.1, -0.05) is 0 Å². The van der Waals surface area contributed by atoms with Crippen LogP contribution in [0.2, 0.25) is 0 Å². The Hall–Kier alpha value is -2.44. The van der Waals surface area contributed by atoms with Crippen LogP contribution >= 0.6 is 0 Å². The molecule has 0 saturated carbocycles. The first kappa shape index (κ1) is 15.6. The average molecular weight is 282 g/mol. The Labute approximate surface area is 117 Å². The molecule has 0 unspecified atom stereocenters. The van der Waals surface area contributed by atoms with Gasteiger partial charge in [0.25, 0.3) is 0 Å². The maximum Gasteiger partial charge on any atom is 0.221 e. The molecule has 0 aliphatic carbocycles. The van der Waals surface area contributed by atoms with Gasteiger partial charge < -0.3 is 24.8 Å². The zero-order valence-corrected chi connectivity index (χ0v) is 12.1. The molecule has 0 aliphatic rings. The summed E-state index contributed by atoms with van der Waals surface area (Å²) in [6.45, 7) is 2.73. The van der Waals surface area contributed by atoms with Crippen molar-refractivity contribution in [2.45, 2.75) is 13.8 Å². The minimum atomic E-state index is -0.302. The lowest BCUT2D eigenvalue weighted by atomic mass is 10.2. The molecule has 2 N–H and O–H groups in total. The van der Waals surface area contributed by atoms with Crippen LogP contribution in [0.5, 0.6) is 17.2 Å². The maximum atomic E-state index is 11.3. The maximum absolute atomic E-state index is 11.3. The number of carbonyl (C=O) groups excluding carboxylic acids is 2. The van der Waals surface area contributed by atoms with Gasteiger partial charge in [0.05, 0.1) is 27.0 Å². The Bertz CT molecular complexity index is 528. The second kappa shape index (κ2) is 6.65. The lowest BCUT2D eigenvalue weighted by Crippen LogP contribution is -2.13. The highest BCUT2D eigenvalue weighted by molar-refractivity contribution is 5.99. The van der Waals surface area contributed by atoms with Crippen LogP contribution in [-0.2, 0) is 9.59 Å². The van der Waals surface area contributed by atoms with Crippen LogP contribution < -0.4 is 24.8 Å². The van der Waals surface area contributed by atoms with E-state index in [0.717, 1.165) is 0 Å². The van der Waals surface area contributed by atoms with Gasteiger partial charge in [0.15, 0.2) is 17.2 Å². The summed E-state index contributed by atoms with van der Waals surface area (Å²) in [5.41, 5.74) is 0.673. The van der Waals surface area contributed by atoms with Crippen LogP contribution in [0, 0.1) is 0 Å². The van der Waals surface area contributed by atoms with Crippen molar-refractivity contribution in [3.63, 3.8) is 0 Å². The first-order chi connectivity index (χ1) is 9.44. The third-order valence-corrected chi connectivity index (χ3v) is 2.44. The quantitative estimate of drug-likeness (QED) is 0.857. The zero-order valence-electron chi connectivity index (χ0n) is 12.1. The standard InChI is InChI=1S/C13H18N2O5/c1-7(16)14-9-6-10(18-3)13(20-5)11(12(9)19-4)15-8(2)17/h6H,1-5H3,(H,14,16)(H,15,17). The highest BCUT2D eigenvalue weighted by Gasteiger charge is 2.22. The molecular formula is C13H18N2O5. The van der Waals surface area contributed by atoms with E-state index in [0.29, 0.717) is 22.9 Å². The summed E-state index contributed by atoms with van der Waals surface area (Å²) in [5, 5.41) is 5.23. The van der Waals surface area contributed by atoms with Gasteiger partial charge in [0.2, 0.25) is 11.8 Å². The highest BCUT2D eigenvalue weighted by atomic mass is 16.5. The number of amides is 2. The molecule has 7 nitrogen and oxygen atoms in total. The number of hydrogen-bond acceptors (Lipinski definition) is 5. The summed E-state index contributed by atoms with van der Waals surface area (Å²) < 4.78 is 15.7. The van der Waals surface area contributed by atoms with Crippen molar-refractivity contribution in [3.8, 4) is 17.2 Å². The van der Waals surface area contributed by atoms with Crippen molar-refractivity contribution in [2.75, 3.05) is 32.0 Å². The first-order valence-corrected chi connectivity index (χ1v) is 5.82. The van der Waals surface area contributed by atoms with Crippen molar-refractivity contribution >= 4 is 23.2 Å². The molecule has 0 heterocycles. The molecule has 1 aromatic rings. The van der Waals surface area contributed by atoms with E-state index in [1.165, 1.54) is 35.2 Å². The van der Waals surface area contributed by atoms with Crippen LogP contribution in [0.15, 0.2) is 6.07 Å². The molecule has 20 heavy (non-hydrogen) atoms. The van der Waals surface area contributed by atoms with Crippen molar-refractivity contribution in [1.82, 2.24) is 0 Å². The molecule has 0 aliphatic heterocycles. The van der Waals surface area contributed by atoms with Gasteiger partial charge in [-0.15, -0.1) is 0 Å². The van der Waals surface area contributed by atoms with E-state index in [9.17, 15) is 9.59 Å². The van der Waals surface area contributed by atoms with E-state index in [4.69, 9.17) is 14.2 Å². The smallest absolute Gasteiger partial charge is 0.221 e. The molecule has 0 radical (unpaired) electrons. The molecule has 0 fully saturated rings. The Morgan fingerprint density at radius 1 is 0.900 bits per heavy atom. The minimum absolute atomic E-state index is 0.274. The lowest BCUT2D eigenvalue weighted by Gasteiger charge is -2.19. The van der Waals surface area contributed by atoms with E-state index in [-0.39, 0.29) is 17.6 Å². The number of hydrogen-bond donors (Lipinski definition) is 2. The summed E-state index contributed by atoms with van der Waals surface area (Å²) in [6, 6.07) is 1.56. The third kappa shape index (κ3) is 3.31. The summed E-state index contributed by atoms with van der Waals surface area (Å²) in [4.78, 5) is 22.6. The summed E-state index contributed by atoms with van der Waals surface area (Å²) in [6.07, 6.45) is 0. The molecular weight excluding hydrogens is 264 g/mol. The molecule has 0 atom stereocenters. The van der Waals surface area contributed by atoms with Crippen molar-refractivity contribution in [1.29, 1.82) is 0 Å². The largest absolute Gasteiger partial charge is 0.493 e. The number of ether oxygens (including phenoxy) is 3. The Balaban J connectivity index is 3.54.